The number of ketones is 1. The van der Waals surface area contributed by atoms with Crippen molar-refractivity contribution < 1.29 is 9.90 Å². The first-order valence-electron chi connectivity index (χ1n) is 8.40. The third kappa shape index (κ3) is 3.63. The number of aromatic nitrogens is 1. The van der Waals surface area contributed by atoms with E-state index in [0.717, 1.165) is 23.0 Å². The number of carbonyl (C=O) groups is 1. The largest absolute Gasteiger partial charge is 0.494 e. The molecule has 0 saturated carbocycles. The average molecular weight is 338 g/mol. The van der Waals surface area contributed by atoms with Crippen LogP contribution in [0.15, 0.2) is 29.1 Å². The van der Waals surface area contributed by atoms with Crippen LogP contribution < -0.4 is 5.56 Å². The van der Waals surface area contributed by atoms with Crippen molar-refractivity contribution >= 4 is 5.78 Å². The van der Waals surface area contributed by atoms with Crippen LogP contribution in [0.1, 0.15) is 58.8 Å². The van der Waals surface area contributed by atoms with Gasteiger partial charge in [0.2, 0.25) is 5.88 Å². The van der Waals surface area contributed by atoms with Crippen LogP contribution in [0.3, 0.4) is 0 Å². The van der Waals surface area contributed by atoms with Crippen molar-refractivity contribution in [3.8, 4) is 11.9 Å². The molecule has 1 N–H and O–H groups in total. The van der Waals surface area contributed by atoms with Crippen molar-refractivity contribution in [2.75, 3.05) is 0 Å². The summed E-state index contributed by atoms with van der Waals surface area (Å²) in [6.07, 6.45) is 2.54. The van der Waals surface area contributed by atoms with Crippen LogP contribution in [-0.2, 0) is 6.54 Å². The second kappa shape index (κ2) is 7.80. The molecule has 0 amide bonds. The minimum absolute atomic E-state index is 0.0262. The lowest BCUT2D eigenvalue weighted by Gasteiger charge is -2.15. The van der Waals surface area contributed by atoms with Gasteiger partial charge in [0.1, 0.15) is 11.6 Å². The standard InChI is InChI=1S/C20H22N2O3/c1-4-5-6-10-22-19(24)16(12-21)14(3)17(20(22)25)18(23)15-9-7-8-13(2)11-15/h7-9,11,25H,4-6,10H2,1-3H3. The van der Waals surface area contributed by atoms with Gasteiger partial charge in [0.15, 0.2) is 5.78 Å². The van der Waals surface area contributed by atoms with E-state index in [4.69, 9.17) is 0 Å². The number of hydrogen-bond acceptors (Lipinski definition) is 4. The zero-order chi connectivity index (χ0) is 18.6. The minimum Gasteiger partial charge on any atom is -0.494 e. The molecule has 0 radical (unpaired) electrons. The van der Waals surface area contributed by atoms with Crippen LogP contribution in [0, 0.1) is 25.2 Å². The molecule has 0 saturated heterocycles. The maximum atomic E-state index is 12.9. The Morgan fingerprint density at radius 1 is 1.28 bits per heavy atom. The zero-order valence-corrected chi connectivity index (χ0v) is 14.8. The Labute approximate surface area is 147 Å². The van der Waals surface area contributed by atoms with Gasteiger partial charge in [0.25, 0.3) is 5.56 Å². The summed E-state index contributed by atoms with van der Waals surface area (Å²) >= 11 is 0. The predicted octanol–water partition coefficient (Wildman–Crippen LogP) is 3.46. The van der Waals surface area contributed by atoms with Crippen LogP contribution in [-0.4, -0.2) is 15.5 Å². The molecule has 2 aromatic rings. The fraction of sp³-hybridized carbons (Fsp3) is 0.350. The molecular weight excluding hydrogens is 316 g/mol. The van der Waals surface area contributed by atoms with Gasteiger partial charge >= 0.3 is 0 Å². The summed E-state index contributed by atoms with van der Waals surface area (Å²) in [4.78, 5) is 25.4. The topological polar surface area (TPSA) is 83.1 Å². The van der Waals surface area contributed by atoms with Crippen molar-refractivity contribution in [1.29, 1.82) is 5.26 Å². The van der Waals surface area contributed by atoms with Gasteiger partial charge in [-0.1, -0.05) is 43.5 Å². The lowest BCUT2D eigenvalue weighted by Crippen LogP contribution is -2.27. The summed E-state index contributed by atoms with van der Waals surface area (Å²) in [5, 5.41) is 20.0. The lowest BCUT2D eigenvalue weighted by molar-refractivity contribution is 0.103. The molecule has 1 heterocycles. The van der Waals surface area contributed by atoms with Gasteiger partial charge in [-0.25, -0.2) is 0 Å². The highest BCUT2D eigenvalue weighted by molar-refractivity contribution is 6.11. The first-order chi connectivity index (χ1) is 11.9. The Bertz CT molecular complexity index is 904. The van der Waals surface area contributed by atoms with E-state index in [2.05, 4.69) is 0 Å². The molecule has 0 bridgehead atoms. The molecule has 5 heteroatoms. The van der Waals surface area contributed by atoms with Crippen molar-refractivity contribution in [2.45, 2.75) is 46.6 Å². The molecule has 0 fully saturated rings. The van der Waals surface area contributed by atoms with E-state index in [1.165, 1.54) is 6.92 Å². The number of aryl methyl sites for hydroxylation is 1. The van der Waals surface area contributed by atoms with Crippen LogP contribution in [0.4, 0.5) is 0 Å². The molecule has 0 spiro atoms. The van der Waals surface area contributed by atoms with Crippen molar-refractivity contribution in [3.63, 3.8) is 0 Å². The molecule has 0 aliphatic carbocycles. The Balaban J connectivity index is 2.64. The number of unbranched alkanes of at least 4 members (excludes halogenated alkanes) is 2. The number of benzene rings is 1. The molecule has 1 aromatic carbocycles. The van der Waals surface area contributed by atoms with E-state index in [1.54, 1.807) is 18.2 Å². The number of hydrogen-bond donors (Lipinski definition) is 1. The maximum absolute atomic E-state index is 12.9. The van der Waals surface area contributed by atoms with Gasteiger partial charge in [0, 0.05) is 12.1 Å². The summed E-state index contributed by atoms with van der Waals surface area (Å²) in [6.45, 7) is 5.71. The summed E-state index contributed by atoms with van der Waals surface area (Å²) in [7, 11) is 0. The highest BCUT2D eigenvalue weighted by Gasteiger charge is 2.24. The smallest absolute Gasteiger partial charge is 0.271 e. The summed E-state index contributed by atoms with van der Waals surface area (Å²) in [5.41, 5.74) is 0.946. The van der Waals surface area contributed by atoms with Crippen LogP contribution in [0.2, 0.25) is 0 Å². The molecule has 0 unspecified atom stereocenters. The van der Waals surface area contributed by atoms with Crippen molar-refractivity contribution in [3.05, 3.63) is 62.4 Å². The first kappa shape index (κ1) is 18.5. The first-order valence-corrected chi connectivity index (χ1v) is 8.40. The zero-order valence-electron chi connectivity index (χ0n) is 14.8. The fourth-order valence-electron chi connectivity index (χ4n) is 2.88. The molecule has 2 rings (SSSR count). The van der Waals surface area contributed by atoms with Gasteiger partial charge in [-0.2, -0.15) is 5.26 Å². The fourth-order valence-corrected chi connectivity index (χ4v) is 2.88. The van der Waals surface area contributed by atoms with Gasteiger partial charge in [-0.15, -0.1) is 0 Å². The number of nitriles is 1. The Kier molecular flexibility index (Phi) is 5.76. The van der Waals surface area contributed by atoms with E-state index in [1.807, 2.05) is 26.0 Å². The highest BCUT2D eigenvalue weighted by atomic mass is 16.3. The predicted molar refractivity (Wildman–Crippen MR) is 96.0 cm³/mol. The van der Waals surface area contributed by atoms with Crippen LogP contribution in [0.25, 0.3) is 0 Å². The normalized spacial score (nSPS) is 10.5. The minimum atomic E-state index is -0.547. The number of carbonyl (C=O) groups excluding carboxylic acids is 1. The third-order valence-corrected chi connectivity index (χ3v) is 4.29. The number of pyridine rings is 1. The monoisotopic (exact) mass is 338 g/mol. The van der Waals surface area contributed by atoms with Crippen LogP contribution >= 0.6 is 0 Å². The number of aromatic hydroxyl groups is 1. The third-order valence-electron chi connectivity index (χ3n) is 4.29. The van der Waals surface area contributed by atoms with Gasteiger partial charge in [-0.05, 0) is 31.9 Å². The number of rotatable bonds is 6. The van der Waals surface area contributed by atoms with E-state index in [9.17, 15) is 20.0 Å². The Morgan fingerprint density at radius 2 is 2.00 bits per heavy atom. The molecule has 0 aliphatic rings. The Morgan fingerprint density at radius 3 is 2.60 bits per heavy atom. The van der Waals surface area contributed by atoms with Gasteiger partial charge in [0.05, 0.1) is 5.56 Å². The molecule has 0 aliphatic heterocycles. The maximum Gasteiger partial charge on any atom is 0.271 e. The number of nitrogens with zero attached hydrogens (tertiary/aromatic N) is 2. The van der Waals surface area contributed by atoms with E-state index >= 15 is 0 Å². The molecular formula is C20H22N2O3. The van der Waals surface area contributed by atoms with E-state index in [-0.39, 0.29) is 34.9 Å². The average Bonchev–Trinajstić information content (AvgIpc) is 2.58. The van der Waals surface area contributed by atoms with E-state index in [0.29, 0.717) is 12.0 Å². The van der Waals surface area contributed by atoms with Crippen molar-refractivity contribution in [2.24, 2.45) is 0 Å². The van der Waals surface area contributed by atoms with Gasteiger partial charge < -0.3 is 5.11 Å². The molecule has 130 valence electrons. The Hall–Kier alpha value is -2.87. The molecule has 5 nitrogen and oxygen atoms in total. The summed E-state index contributed by atoms with van der Waals surface area (Å²) in [5.74, 6) is -0.747. The lowest BCUT2D eigenvalue weighted by atomic mass is 9.96. The molecule has 25 heavy (non-hydrogen) atoms. The quantitative estimate of drug-likeness (QED) is 0.646. The second-order valence-corrected chi connectivity index (χ2v) is 6.17. The SMILES string of the molecule is CCCCCn1c(O)c(C(=O)c2cccc(C)c2)c(C)c(C#N)c1=O. The summed E-state index contributed by atoms with van der Waals surface area (Å²) < 4.78 is 1.14. The highest BCUT2D eigenvalue weighted by Crippen LogP contribution is 2.25. The molecule has 1 aromatic heterocycles. The van der Waals surface area contributed by atoms with Crippen LogP contribution in [0.5, 0.6) is 5.88 Å². The molecule has 0 atom stereocenters. The van der Waals surface area contributed by atoms with Crippen molar-refractivity contribution in [1.82, 2.24) is 4.57 Å². The van der Waals surface area contributed by atoms with Gasteiger partial charge in [-0.3, -0.25) is 14.2 Å². The second-order valence-electron chi connectivity index (χ2n) is 6.17. The van der Waals surface area contributed by atoms with E-state index < -0.39 is 5.56 Å². The summed E-state index contributed by atoms with van der Waals surface area (Å²) in [6, 6.07) is 8.90.